The number of hydrogen-bond donors (Lipinski definition) is 1. The zero-order valence-electron chi connectivity index (χ0n) is 10.9. The molecule has 2 aliphatic rings. The zero-order chi connectivity index (χ0) is 15.1. The van der Waals surface area contributed by atoms with Gasteiger partial charge in [-0.1, -0.05) is 0 Å². The number of fused-ring (bicyclic) bond motifs is 1. The molecule has 1 heterocycles. The summed E-state index contributed by atoms with van der Waals surface area (Å²) in [5.41, 5.74) is -0.694. The molecule has 3 rings (SSSR count). The Kier molecular flexibility index (Phi) is 3.00. The van der Waals surface area contributed by atoms with Gasteiger partial charge < -0.3 is 14.7 Å². The largest absolute Gasteiger partial charge is 0.481 e. The predicted molar refractivity (Wildman–Crippen MR) is 70.6 cm³/mol. The van der Waals surface area contributed by atoms with E-state index in [0.717, 1.165) is 25.0 Å². The molecule has 0 aromatic heterocycles. The van der Waals surface area contributed by atoms with Crippen LogP contribution in [0.25, 0.3) is 0 Å². The van der Waals surface area contributed by atoms with Crippen LogP contribution in [0, 0.1) is 16.0 Å². The van der Waals surface area contributed by atoms with Crippen molar-refractivity contribution in [1.82, 2.24) is 0 Å². The Balaban J connectivity index is 2.09. The van der Waals surface area contributed by atoms with Crippen molar-refractivity contribution in [3.05, 3.63) is 27.8 Å². The Morgan fingerprint density at radius 2 is 2.19 bits per heavy atom. The van der Waals surface area contributed by atoms with E-state index in [-0.39, 0.29) is 18.3 Å². The number of benzene rings is 1. The maximum absolute atomic E-state index is 11.9. The van der Waals surface area contributed by atoms with Crippen LogP contribution in [-0.2, 0) is 4.79 Å². The average Bonchev–Trinajstić information content (AvgIpc) is 3.24. The van der Waals surface area contributed by atoms with Gasteiger partial charge in [-0.3, -0.25) is 14.9 Å². The number of nitro groups is 1. The molecule has 1 aromatic rings. The smallest absolute Gasteiger partial charge is 0.342 e. The minimum absolute atomic E-state index is 0.173. The van der Waals surface area contributed by atoms with Crippen molar-refractivity contribution in [2.75, 3.05) is 18.1 Å². The first-order valence-corrected chi connectivity index (χ1v) is 6.46. The lowest BCUT2D eigenvalue weighted by atomic mass is 10.1. The van der Waals surface area contributed by atoms with E-state index in [1.54, 1.807) is 0 Å². The highest BCUT2D eigenvalue weighted by Crippen LogP contribution is 2.40. The lowest BCUT2D eigenvalue weighted by Crippen LogP contribution is -2.40. The summed E-state index contributed by atoms with van der Waals surface area (Å²) in [7, 11) is 0. The molecule has 1 amide bonds. The van der Waals surface area contributed by atoms with Crippen LogP contribution in [0.2, 0.25) is 0 Å². The van der Waals surface area contributed by atoms with Gasteiger partial charge in [0.1, 0.15) is 5.56 Å². The van der Waals surface area contributed by atoms with E-state index >= 15 is 0 Å². The van der Waals surface area contributed by atoms with Crippen LogP contribution in [0.15, 0.2) is 12.1 Å². The monoisotopic (exact) mass is 292 g/mol. The van der Waals surface area contributed by atoms with Gasteiger partial charge in [-0.15, -0.1) is 0 Å². The van der Waals surface area contributed by atoms with E-state index in [9.17, 15) is 19.7 Å². The highest BCUT2D eigenvalue weighted by Gasteiger charge is 2.34. The summed E-state index contributed by atoms with van der Waals surface area (Å²) in [6.07, 6.45) is 2.05. The molecule has 1 saturated carbocycles. The minimum atomic E-state index is -1.41. The third-order valence-corrected chi connectivity index (χ3v) is 3.59. The topological polar surface area (TPSA) is 110 Å². The minimum Gasteiger partial charge on any atom is -0.481 e. The van der Waals surface area contributed by atoms with Crippen LogP contribution in [0.4, 0.5) is 11.4 Å². The van der Waals surface area contributed by atoms with Crippen molar-refractivity contribution in [2.45, 2.75) is 12.8 Å². The molecule has 1 aromatic carbocycles. The fourth-order valence-corrected chi connectivity index (χ4v) is 2.32. The summed E-state index contributed by atoms with van der Waals surface area (Å²) in [6, 6.07) is 2.22. The number of rotatable bonds is 4. The molecular weight excluding hydrogens is 280 g/mol. The second-order valence-electron chi connectivity index (χ2n) is 5.14. The van der Waals surface area contributed by atoms with Gasteiger partial charge in [-0.2, -0.15) is 0 Å². The maximum atomic E-state index is 11.9. The number of amides is 1. The number of carboxylic acids is 1. The van der Waals surface area contributed by atoms with Crippen molar-refractivity contribution in [1.29, 1.82) is 0 Å². The SMILES string of the molecule is O=C(O)c1cc2c(cc1[N+](=O)[O-])OCC(=O)N2CC1CC1. The van der Waals surface area contributed by atoms with Crippen molar-refractivity contribution in [3.63, 3.8) is 0 Å². The zero-order valence-corrected chi connectivity index (χ0v) is 10.9. The molecule has 0 bridgehead atoms. The molecule has 1 fully saturated rings. The first-order valence-electron chi connectivity index (χ1n) is 6.46. The van der Waals surface area contributed by atoms with Crippen molar-refractivity contribution in [3.8, 4) is 5.75 Å². The molecule has 1 aliphatic carbocycles. The molecule has 0 spiro atoms. The second kappa shape index (κ2) is 4.72. The van der Waals surface area contributed by atoms with Crippen molar-refractivity contribution >= 4 is 23.3 Å². The number of nitro benzene ring substituents is 1. The van der Waals surface area contributed by atoms with Crippen LogP contribution in [0.5, 0.6) is 5.75 Å². The number of anilines is 1. The van der Waals surface area contributed by atoms with Gasteiger partial charge in [-0.05, 0) is 24.8 Å². The molecule has 1 N–H and O–H groups in total. The third-order valence-electron chi connectivity index (χ3n) is 3.59. The van der Waals surface area contributed by atoms with Crippen LogP contribution >= 0.6 is 0 Å². The van der Waals surface area contributed by atoms with E-state index in [4.69, 9.17) is 9.84 Å². The predicted octanol–water partition coefficient (Wildman–Crippen LogP) is 1.43. The molecule has 110 valence electrons. The number of carbonyl (C=O) groups is 2. The number of hydrogen-bond acceptors (Lipinski definition) is 5. The Labute approximate surface area is 119 Å². The standard InChI is InChI=1S/C13H12N2O6/c16-12-6-21-11-4-9(15(19)20)8(13(17)18)3-10(11)14(12)5-7-1-2-7/h3-4,7H,1-2,5-6H2,(H,17,18). The fourth-order valence-electron chi connectivity index (χ4n) is 2.32. The molecule has 0 atom stereocenters. The van der Waals surface area contributed by atoms with Crippen LogP contribution in [0.1, 0.15) is 23.2 Å². The second-order valence-corrected chi connectivity index (χ2v) is 5.14. The molecule has 8 nitrogen and oxygen atoms in total. The number of aromatic carboxylic acids is 1. The van der Waals surface area contributed by atoms with Gasteiger partial charge in [0.15, 0.2) is 12.4 Å². The lowest BCUT2D eigenvalue weighted by molar-refractivity contribution is -0.385. The molecule has 0 saturated heterocycles. The number of ether oxygens (including phenoxy) is 1. The summed E-state index contributed by atoms with van der Waals surface area (Å²) < 4.78 is 5.20. The van der Waals surface area contributed by atoms with Gasteiger partial charge in [0.2, 0.25) is 0 Å². The number of carbonyl (C=O) groups excluding carboxylic acids is 1. The van der Waals surface area contributed by atoms with Crippen LogP contribution in [-0.4, -0.2) is 35.1 Å². The van der Waals surface area contributed by atoms with Gasteiger partial charge in [-0.25, -0.2) is 4.79 Å². The maximum Gasteiger partial charge on any atom is 0.342 e. The molecule has 8 heteroatoms. The average molecular weight is 292 g/mol. The Hall–Kier alpha value is -2.64. The molecule has 21 heavy (non-hydrogen) atoms. The van der Waals surface area contributed by atoms with E-state index in [1.807, 2.05) is 0 Å². The lowest BCUT2D eigenvalue weighted by Gasteiger charge is -2.29. The molecule has 0 unspecified atom stereocenters. The van der Waals surface area contributed by atoms with Crippen LogP contribution in [0.3, 0.4) is 0 Å². The summed E-state index contributed by atoms with van der Waals surface area (Å²) in [4.78, 5) is 34.8. The molecular formula is C13H12N2O6. The highest BCUT2D eigenvalue weighted by atomic mass is 16.6. The Morgan fingerprint density at radius 3 is 2.76 bits per heavy atom. The summed E-state index contributed by atoms with van der Waals surface area (Å²) in [5.74, 6) is -1.09. The van der Waals surface area contributed by atoms with E-state index in [1.165, 1.54) is 4.90 Å². The quantitative estimate of drug-likeness (QED) is 0.664. The summed E-state index contributed by atoms with van der Waals surface area (Å²) >= 11 is 0. The fraction of sp³-hybridized carbons (Fsp3) is 0.385. The third kappa shape index (κ3) is 2.39. The summed E-state index contributed by atoms with van der Waals surface area (Å²) in [5, 5.41) is 20.1. The van der Waals surface area contributed by atoms with E-state index < -0.39 is 22.1 Å². The van der Waals surface area contributed by atoms with Crippen LogP contribution < -0.4 is 9.64 Å². The molecule has 1 aliphatic heterocycles. The highest BCUT2D eigenvalue weighted by molar-refractivity contribution is 6.01. The van der Waals surface area contributed by atoms with Crippen molar-refractivity contribution < 1.29 is 24.4 Å². The molecule has 0 radical (unpaired) electrons. The summed E-state index contributed by atoms with van der Waals surface area (Å²) in [6.45, 7) is 0.301. The van der Waals surface area contributed by atoms with Crippen molar-refractivity contribution in [2.24, 2.45) is 5.92 Å². The number of nitrogens with zero attached hydrogens (tertiary/aromatic N) is 2. The Bertz CT molecular complexity index is 652. The first-order chi connectivity index (χ1) is 9.97. The number of carboxylic acid groups (broad SMARTS) is 1. The Morgan fingerprint density at radius 1 is 1.48 bits per heavy atom. The van der Waals surface area contributed by atoms with E-state index in [2.05, 4.69) is 0 Å². The normalized spacial score (nSPS) is 17.1. The van der Waals surface area contributed by atoms with Gasteiger partial charge in [0, 0.05) is 6.54 Å². The van der Waals surface area contributed by atoms with Gasteiger partial charge >= 0.3 is 5.97 Å². The van der Waals surface area contributed by atoms with E-state index in [0.29, 0.717) is 18.2 Å². The van der Waals surface area contributed by atoms with Gasteiger partial charge in [0.25, 0.3) is 11.6 Å². The first kappa shape index (κ1) is 13.3. The van der Waals surface area contributed by atoms with Gasteiger partial charge in [0.05, 0.1) is 16.7 Å².